The van der Waals surface area contributed by atoms with Crippen LogP contribution >= 0.6 is 0 Å². The van der Waals surface area contributed by atoms with Gasteiger partial charge < -0.3 is 14.2 Å². The first-order valence-corrected chi connectivity index (χ1v) is 36.4. The summed E-state index contributed by atoms with van der Waals surface area (Å²) in [6.07, 6.45) is 93.5. The van der Waals surface area contributed by atoms with Gasteiger partial charge in [0.1, 0.15) is 13.2 Å². The van der Waals surface area contributed by atoms with E-state index in [0.717, 1.165) is 83.5 Å². The number of esters is 3. The van der Waals surface area contributed by atoms with Crippen molar-refractivity contribution in [2.24, 2.45) is 0 Å². The number of carbonyl (C=O) groups is 3. The fourth-order valence-corrected chi connectivity index (χ4v) is 10.7. The highest BCUT2D eigenvalue weighted by Gasteiger charge is 2.19. The molecule has 0 aliphatic heterocycles. The zero-order valence-corrected chi connectivity index (χ0v) is 55.5. The zero-order valence-electron chi connectivity index (χ0n) is 55.5. The van der Waals surface area contributed by atoms with E-state index < -0.39 is 6.10 Å². The van der Waals surface area contributed by atoms with Crippen molar-refractivity contribution in [3.63, 3.8) is 0 Å². The van der Waals surface area contributed by atoms with E-state index >= 15 is 0 Å². The molecule has 83 heavy (non-hydrogen) atoms. The quantitative estimate of drug-likeness (QED) is 0.0261. The van der Waals surface area contributed by atoms with Crippen LogP contribution in [0, 0.1) is 0 Å². The molecule has 0 spiro atoms. The van der Waals surface area contributed by atoms with Gasteiger partial charge >= 0.3 is 17.9 Å². The molecule has 0 aromatic heterocycles. The molecule has 0 aromatic rings. The minimum Gasteiger partial charge on any atom is -0.462 e. The molecule has 0 rings (SSSR count). The fraction of sp³-hybridized carbons (Fsp3) is 0.805. The van der Waals surface area contributed by atoms with Crippen molar-refractivity contribution < 1.29 is 28.6 Å². The number of unbranched alkanes of at least 4 members (excludes halogenated alkanes) is 44. The predicted octanol–water partition coefficient (Wildman–Crippen LogP) is 25.2. The van der Waals surface area contributed by atoms with Gasteiger partial charge in [-0.05, 0) is 116 Å². The lowest BCUT2D eigenvalue weighted by Gasteiger charge is -2.18. The van der Waals surface area contributed by atoms with Crippen LogP contribution in [0.25, 0.3) is 0 Å². The summed E-state index contributed by atoms with van der Waals surface area (Å²) in [7, 11) is 0. The van der Waals surface area contributed by atoms with Crippen molar-refractivity contribution in [2.45, 2.75) is 386 Å². The molecule has 0 fully saturated rings. The molecule has 0 radical (unpaired) electrons. The Labute approximate surface area is 516 Å². The second kappa shape index (κ2) is 71.3. The predicted molar refractivity (Wildman–Crippen MR) is 362 cm³/mol. The summed E-state index contributed by atoms with van der Waals surface area (Å²) in [5, 5.41) is 0. The highest BCUT2D eigenvalue weighted by atomic mass is 16.6. The third kappa shape index (κ3) is 69.5. The van der Waals surface area contributed by atoms with E-state index in [1.165, 1.54) is 257 Å². The second-order valence-electron chi connectivity index (χ2n) is 24.5. The highest BCUT2D eigenvalue weighted by molar-refractivity contribution is 5.71. The maximum absolute atomic E-state index is 13.0. The Bertz CT molecular complexity index is 1520. The van der Waals surface area contributed by atoms with Crippen LogP contribution in [0.15, 0.2) is 72.9 Å². The van der Waals surface area contributed by atoms with E-state index in [1.807, 2.05) is 0 Å². The molecule has 0 aromatic carbocycles. The van der Waals surface area contributed by atoms with E-state index in [9.17, 15) is 14.4 Å². The zero-order chi connectivity index (χ0) is 59.9. The third-order valence-corrected chi connectivity index (χ3v) is 16.2. The molecule has 0 bridgehead atoms. The number of ether oxygens (including phenoxy) is 3. The summed E-state index contributed by atoms with van der Waals surface area (Å²) in [5.74, 6) is -0.869. The molecule has 0 aliphatic rings. The van der Waals surface area contributed by atoms with Crippen molar-refractivity contribution >= 4 is 17.9 Å². The lowest BCUT2D eigenvalue weighted by atomic mass is 10.0. The molecular formula is C77H138O6. The standard InChI is InChI=1S/C77H138O6/c1-4-7-10-13-16-19-22-25-28-30-32-34-36-38-40-42-44-46-49-52-55-58-61-64-67-70-76(79)82-73-74(72-81-75(78)69-66-63-60-57-54-51-48-27-24-21-18-15-12-9-6-3)83-77(80)71-68-65-62-59-56-53-50-47-45-43-41-39-37-35-33-31-29-26-23-20-17-14-11-8-5-2/h22-23,25-27,30-33,36,38,48,74H,4-21,24,28-29,34-35,37,39-47,49-73H2,1-3H3/b25-22-,26-23-,32-30-,33-31-,38-36-,48-27-. The largest absolute Gasteiger partial charge is 0.462 e. The van der Waals surface area contributed by atoms with Gasteiger partial charge in [0.15, 0.2) is 6.10 Å². The van der Waals surface area contributed by atoms with Crippen LogP contribution in [0.5, 0.6) is 0 Å². The lowest BCUT2D eigenvalue weighted by molar-refractivity contribution is -0.167. The highest BCUT2D eigenvalue weighted by Crippen LogP contribution is 2.17. The SMILES string of the molecule is CCCCCCC/C=C\C/C=C\C/C=C\CCCCCCCCCCCCC(=O)OCC(COC(=O)CCCCCCC/C=C\CCCCCCCC)OC(=O)CCCCCCCCCCCCCCC/C=C\C/C=C\CCCCCCC. The van der Waals surface area contributed by atoms with Gasteiger partial charge in [-0.3, -0.25) is 14.4 Å². The van der Waals surface area contributed by atoms with Gasteiger partial charge in [0.05, 0.1) is 0 Å². The smallest absolute Gasteiger partial charge is 0.306 e. The first kappa shape index (κ1) is 79.8. The minimum atomic E-state index is -0.783. The first-order valence-electron chi connectivity index (χ1n) is 36.4. The molecule has 0 amide bonds. The molecule has 482 valence electrons. The molecule has 0 saturated carbocycles. The summed E-state index contributed by atoms with van der Waals surface area (Å²) in [6.45, 7) is 6.66. The second-order valence-corrected chi connectivity index (χ2v) is 24.5. The Morgan fingerprint density at radius 2 is 0.434 bits per heavy atom. The maximum Gasteiger partial charge on any atom is 0.306 e. The lowest BCUT2D eigenvalue weighted by Crippen LogP contribution is -2.30. The van der Waals surface area contributed by atoms with E-state index in [4.69, 9.17) is 14.2 Å². The molecule has 6 nitrogen and oxygen atoms in total. The van der Waals surface area contributed by atoms with Crippen LogP contribution in [0.3, 0.4) is 0 Å². The number of hydrogen-bond donors (Lipinski definition) is 0. The van der Waals surface area contributed by atoms with Gasteiger partial charge in [0, 0.05) is 19.3 Å². The van der Waals surface area contributed by atoms with Crippen LogP contribution in [0.4, 0.5) is 0 Å². The van der Waals surface area contributed by atoms with Crippen LogP contribution in [-0.4, -0.2) is 37.2 Å². The first-order chi connectivity index (χ1) is 41.0. The normalized spacial score (nSPS) is 12.5. The summed E-state index contributed by atoms with van der Waals surface area (Å²) in [5.41, 5.74) is 0. The number of hydrogen-bond acceptors (Lipinski definition) is 6. The molecular weight excluding hydrogens is 1020 g/mol. The van der Waals surface area contributed by atoms with Crippen molar-refractivity contribution in [1.29, 1.82) is 0 Å². The van der Waals surface area contributed by atoms with Gasteiger partial charge in [-0.2, -0.15) is 0 Å². The average molecular weight is 1160 g/mol. The molecule has 1 unspecified atom stereocenters. The number of allylic oxidation sites excluding steroid dienone is 12. The summed E-state index contributed by atoms with van der Waals surface area (Å²) in [6, 6.07) is 0. The Kier molecular flexibility index (Phi) is 68.6. The molecule has 0 N–H and O–H groups in total. The summed E-state index contributed by atoms with van der Waals surface area (Å²) < 4.78 is 17.0. The Hall–Kier alpha value is -3.15. The van der Waals surface area contributed by atoms with Crippen LogP contribution in [0.1, 0.15) is 380 Å². The van der Waals surface area contributed by atoms with Gasteiger partial charge in [0.2, 0.25) is 0 Å². The molecule has 0 heterocycles. The van der Waals surface area contributed by atoms with Gasteiger partial charge in [-0.1, -0.05) is 318 Å². The van der Waals surface area contributed by atoms with Crippen molar-refractivity contribution in [1.82, 2.24) is 0 Å². The summed E-state index contributed by atoms with van der Waals surface area (Å²) in [4.78, 5) is 38.5. The monoisotopic (exact) mass is 1160 g/mol. The van der Waals surface area contributed by atoms with Crippen molar-refractivity contribution in [3.05, 3.63) is 72.9 Å². The van der Waals surface area contributed by atoms with Crippen LogP contribution in [-0.2, 0) is 28.6 Å². The Morgan fingerprint density at radius 3 is 0.687 bits per heavy atom. The van der Waals surface area contributed by atoms with E-state index in [0.29, 0.717) is 19.3 Å². The number of rotatable bonds is 67. The van der Waals surface area contributed by atoms with Gasteiger partial charge in [-0.15, -0.1) is 0 Å². The van der Waals surface area contributed by atoms with Gasteiger partial charge in [-0.25, -0.2) is 0 Å². The van der Waals surface area contributed by atoms with E-state index in [-0.39, 0.29) is 31.1 Å². The fourth-order valence-electron chi connectivity index (χ4n) is 10.7. The Morgan fingerprint density at radius 1 is 0.241 bits per heavy atom. The third-order valence-electron chi connectivity index (χ3n) is 16.2. The average Bonchev–Trinajstić information content (AvgIpc) is 3.49. The Balaban J connectivity index is 4.31. The molecule has 0 aliphatic carbocycles. The van der Waals surface area contributed by atoms with Gasteiger partial charge in [0.25, 0.3) is 0 Å². The van der Waals surface area contributed by atoms with Crippen LogP contribution in [0.2, 0.25) is 0 Å². The molecule has 6 heteroatoms. The molecule has 1 atom stereocenters. The summed E-state index contributed by atoms with van der Waals surface area (Å²) >= 11 is 0. The molecule has 0 saturated heterocycles. The van der Waals surface area contributed by atoms with Crippen LogP contribution < -0.4 is 0 Å². The minimum absolute atomic E-state index is 0.0778. The van der Waals surface area contributed by atoms with E-state index in [1.54, 1.807) is 0 Å². The van der Waals surface area contributed by atoms with Crippen molar-refractivity contribution in [2.75, 3.05) is 13.2 Å². The van der Waals surface area contributed by atoms with Crippen molar-refractivity contribution in [3.8, 4) is 0 Å². The number of carbonyl (C=O) groups excluding carboxylic acids is 3. The topological polar surface area (TPSA) is 78.9 Å². The maximum atomic E-state index is 13.0. The van der Waals surface area contributed by atoms with E-state index in [2.05, 4.69) is 93.7 Å².